The first-order valence-corrected chi connectivity index (χ1v) is 9.58. The van der Waals surface area contributed by atoms with E-state index in [0.29, 0.717) is 22.0 Å². The Bertz CT molecular complexity index is 1030. The topological polar surface area (TPSA) is 76.9 Å². The molecule has 0 aliphatic heterocycles. The molecule has 2 N–H and O–H groups in total. The van der Waals surface area contributed by atoms with E-state index in [1.165, 1.54) is 6.26 Å². The van der Waals surface area contributed by atoms with Crippen molar-refractivity contribution in [2.45, 2.75) is 0 Å². The fourth-order valence-electron chi connectivity index (χ4n) is 2.39. The van der Waals surface area contributed by atoms with Gasteiger partial charge < -0.3 is 14.5 Å². The highest BCUT2D eigenvalue weighted by Crippen LogP contribution is 2.35. The summed E-state index contributed by atoms with van der Waals surface area (Å²) in [4.78, 5) is 22.0. The van der Waals surface area contributed by atoms with E-state index >= 15 is 0 Å². The van der Waals surface area contributed by atoms with Gasteiger partial charge in [0.1, 0.15) is 18.2 Å². The maximum Gasteiger partial charge on any atom is 0.278 e. The Morgan fingerprint density at radius 2 is 2.18 bits per heavy atom. The minimum Gasteiger partial charge on any atom is -0.499 e. The lowest BCUT2D eigenvalue weighted by atomic mass is 10.2. The summed E-state index contributed by atoms with van der Waals surface area (Å²) >= 11 is 16.2. The van der Waals surface area contributed by atoms with Crippen LogP contribution in [0, 0.1) is 0 Å². The summed E-state index contributed by atoms with van der Waals surface area (Å²) in [6, 6.07) is 5.32. The van der Waals surface area contributed by atoms with Crippen molar-refractivity contribution >= 4 is 62.1 Å². The van der Waals surface area contributed by atoms with Crippen LogP contribution in [0.25, 0.3) is 5.65 Å². The number of rotatable bonds is 8. The van der Waals surface area contributed by atoms with Crippen LogP contribution in [-0.4, -0.2) is 28.5 Å². The molecular formula is C18H15BrCl2N4O3. The van der Waals surface area contributed by atoms with Crippen molar-refractivity contribution < 1.29 is 14.4 Å². The Morgan fingerprint density at radius 3 is 2.93 bits per heavy atom. The molecule has 0 fully saturated rings. The average Bonchev–Trinajstić information content (AvgIpc) is 3.14. The van der Waals surface area contributed by atoms with Gasteiger partial charge in [-0.2, -0.15) is 0 Å². The first kappa shape index (κ1) is 20.5. The summed E-state index contributed by atoms with van der Waals surface area (Å²) < 4.78 is 7.41. The third-order valence-electron chi connectivity index (χ3n) is 3.64. The lowest BCUT2D eigenvalue weighted by Gasteiger charge is -2.16. The van der Waals surface area contributed by atoms with Crippen LogP contribution in [0.3, 0.4) is 0 Å². The third kappa shape index (κ3) is 4.59. The zero-order chi connectivity index (χ0) is 20.1. The summed E-state index contributed by atoms with van der Waals surface area (Å²) in [5, 5.41) is 3.84. The van der Waals surface area contributed by atoms with E-state index in [1.807, 2.05) is 6.07 Å². The van der Waals surface area contributed by atoms with Crippen LogP contribution >= 0.6 is 39.1 Å². The second-order valence-corrected chi connectivity index (χ2v) is 7.16. The fourth-order valence-corrected chi connectivity index (χ4v) is 3.40. The number of hydrogen-bond acceptors (Lipinski definition) is 5. The lowest BCUT2D eigenvalue weighted by Crippen LogP contribution is -2.26. The predicted octanol–water partition coefficient (Wildman–Crippen LogP) is 4.97. The number of carbonyl (C=O) groups excluding carboxylic acids is 1. The lowest BCUT2D eigenvalue weighted by molar-refractivity contribution is 0.0145. The van der Waals surface area contributed by atoms with Crippen molar-refractivity contribution in [2.75, 3.05) is 18.5 Å². The molecule has 0 aliphatic rings. The van der Waals surface area contributed by atoms with E-state index in [-0.39, 0.29) is 23.8 Å². The standard InChI is InChI=1S/C18H15BrCl2N4O3/c1-2-27-7-8-28-24-18(26)12-10-25-6-5-22-17(25)15(21)16(12)23-14-4-3-11(19)9-13(14)20/h2-6,9-10,23H,1,7-8H2,(H,24,26). The Labute approximate surface area is 179 Å². The van der Waals surface area contributed by atoms with Crippen LogP contribution in [0.5, 0.6) is 0 Å². The SMILES string of the molecule is C=COCCONC(=O)c1cn2ccnc2c(Cl)c1Nc1ccc(Br)cc1Cl. The second-order valence-electron chi connectivity index (χ2n) is 5.46. The summed E-state index contributed by atoms with van der Waals surface area (Å²) in [7, 11) is 0. The first-order chi connectivity index (χ1) is 13.5. The van der Waals surface area contributed by atoms with Gasteiger partial charge in [-0.3, -0.25) is 9.63 Å². The quantitative estimate of drug-likeness (QED) is 0.267. The highest BCUT2D eigenvalue weighted by Gasteiger charge is 2.20. The van der Waals surface area contributed by atoms with E-state index in [1.54, 1.807) is 35.1 Å². The number of amides is 1. The molecule has 0 saturated carbocycles. The minimum absolute atomic E-state index is 0.153. The summed E-state index contributed by atoms with van der Waals surface area (Å²) in [5.41, 5.74) is 4.04. The van der Waals surface area contributed by atoms with Crippen molar-refractivity contribution in [2.24, 2.45) is 0 Å². The summed E-state index contributed by atoms with van der Waals surface area (Å²) in [6.07, 6.45) is 6.17. The smallest absolute Gasteiger partial charge is 0.278 e. The van der Waals surface area contributed by atoms with Crippen molar-refractivity contribution in [3.05, 3.63) is 69.7 Å². The maximum absolute atomic E-state index is 12.7. The molecule has 1 amide bonds. The van der Waals surface area contributed by atoms with Gasteiger partial charge in [0, 0.05) is 23.1 Å². The van der Waals surface area contributed by atoms with Gasteiger partial charge in [-0.25, -0.2) is 10.5 Å². The second kappa shape index (κ2) is 9.29. The molecule has 28 heavy (non-hydrogen) atoms. The summed E-state index contributed by atoms with van der Waals surface area (Å²) in [5.74, 6) is -0.494. The number of nitrogens with zero attached hydrogens (tertiary/aromatic N) is 2. The van der Waals surface area contributed by atoms with E-state index in [9.17, 15) is 4.79 Å². The highest BCUT2D eigenvalue weighted by atomic mass is 79.9. The van der Waals surface area contributed by atoms with Gasteiger partial charge >= 0.3 is 0 Å². The number of hydrogen-bond donors (Lipinski definition) is 2. The number of imidazole rings is 1. The Morgan fingerprint density at radius 1 is 1.36 bits per heavy atom. The normalized spacial score (nSPS) is 10.7. The maximum atomic E-state index is 12.7. The van der Waals surface area contributed by atoms with Gasteiger partial charge in [0.2, 0.25) is 0 Å². The molecule has 0 unspecified atom stereocenters. The molecule has 7 nitrogen and oxygen atoms in total. The molecule has 3 aromatic rings. The van der Waals surface area contributed by atoms with Crippen LogP contribution in [0.1, 0.15) is 10.4 Å². The number of halogens is 3. The number of carbonyl (C=O) groups is 1. The van der Waals surface area contributed by atoms with E-state index in [4.69, 9.17) is 32.8 Å². The Balaban J connectivity index is 1.92. The van der Waals surface area contributed by atoms with Crippen LogP contribution in [-0.2, 0) is 9.57 Å². The Kier molecular flexibility index (Phi) is 6.79. The van der Waals surface area contributed by atoms with Gasteiger partial charge in [0.25, 0.3) is 5.91 Å². The van der Waals surface area contributed by atoms with Gasteiger partial charge in [0.05, 0.1) is 28.2 Å². The van der Waals surface area contributed by atoms with Crippen LogP contribution in [0.15, 0.2) is 54.1 Å². The number of ether oxygens (including phenoxy) is 1. The van der Waals surface area contributed by atoms with Crippen molar-refractivity contribution in [3.8, 4) is 0 Å². The van der Waals surface area contributed by atoms with Crippen LogP contribution in [0.2, 0.25) is 10.0 Å². The highest BCUT2D eigenvalue weighted by molar-refractivity contribution is 9.10. The number of aromatic nitrogens is 2. The van der Waals surface area contributed by atoms with E-state index in [2.05, 4.69) is 38.3 Å². The molecule has 0 bridgehead atoms. The molecule has 0 radical (unpaired) electrons. The van der Waals surface area contributed by atoms with Crippen molar-refractivity contribution in [3.63, 3.8) is 0 Å². The number of anilines is 2. The molecular weight excluding hydrogens is 471 g/mol. The van der Waals surface area contributed by atoms with Gasteiger partial charge in [-0.05, 0) is 18.2 Å². The molecule has 146 valence electrons. The molecule has 10 heteroatoms. The van der Waals surface area contributed by atoms with E-state index < -0.39 is 5.91 Å². The predicted molar refractivity (Wildman–Crippen MR) is 112 cm³/mol. The third-order valence-corrected chi connectivity index (χ3v) is 4.81. The zero-order valence-corrected chi connectivity index (χ0v) is 17.5. The molecule has 2 heterocycles. The molecule has 0 saturated heterocycles. The molecule has 3 rings (SSSR count). The van der Waals surface area contributed by atoms with Crippen LogP contribution < -0.4 is 10.8 Å². The molecule has 0 atom stereocenters. The van der Waals surface area contributed by atoms with Crippen LogP contribution in [0.4, 0.5) is 11.4 Å². The molecule has 2 aromatic heterocycles. The molecule has 0 spiro atoms. The average molecular weight is 486 g/mol. The minimum atomic E-state index is -0.494. The number of fused-ring (bicyclic) bond motifs is 1. The van der Waals surface area contributed by atoms with Gasteiger partial charge in [-0.1, -0.05) is 45.7 Å². The number of nitrogens with one attached hydrogen (secondary N) is 2. The molecule has 0 aliphatic carbocycles. The van der Waals surface area contributed by atoms with Gasteiger partial charge in [-0.15, -0.1) is 0 Å². The first-order valence-electron chi connectivity index (χ1n) is 8.03. The molecule has 1 aromatic carbocycles. The van der Waals surface area contributed by atoms with Gasteiger partial charge in [0.15, 0.2) is 5.65 Å². The van der Waals surface area contributed by atoms with E-state index in [0.717, 1.165) is 4.47 Å². The monoisotopic (exact) mass is 484 g/mol. The number of benzene rings is 1. The summed E-state index contributed by atoms with van der Waals surface area (Å²) in [6.45, 7) is 3.84. The number of hydroxylamine groups is 1. The Hall–Kier alpha value is -2.26. The van der Waals surface area contributed by atoms with Crippen molar-refractivity contribution in [1.29, 1.82) is 0 Å². The number of pyridine rings is 1. The van der Waals surface area contributed by atoms with Crippen molar-refractivity contribution in [1.82, 2.24) is 14.9 Å². The fraction of sp³-hybridized carbons (Fsp3) is 0.111. The largest absolute Gasteiger partial charge is 0.499 e. The zero-order valence-electron chi connectivity index (χ0n) is 14.4.